The zero-order chi connectivity index (χ0) is 25.7. The molecule has 0 saturated carbocycles. The smallest absolute Gasteiger partial charge is 0.329 e. The predicted molar refractivity (Wildman–Crippen MR) is 124 cm³/mol. The number of carboxylic acid groups (broad SMARTS) is 1. The van der Waals surface area contributed by atoms with Crippen molar-refractivity contribution in [2.45, 2.75) is 42.5 Å². The van der Waals surface area contributed by atoms with Crippen molar-refractivity contribution < 1.29 is 33.9 Å². The molecule has 1 aromatic carbocycles. The fourth-order valence-electron chi connectivity index (χ4n) is 4.45. The molecule has 13 heteroatoms. The Labute approximate surface area is 205 Å². The van der Waals surface area contributed by atoms with E-state index in [9.17, 15) is 33.9 Å². The molecular weight excluding hydrogens is 478 g/mol. The number of thioether (sulfide) groups is 1. The van der Waals surface area contributed by atoms with Gasteiger partial charge in [0.05, 0.1) is 6.42 Å². The Morgan fingerprint density at radius 1 is 1.11 bits per heavy atom. The molecule has 12 nitrogen and oxygen atoms in total. The summed E-state index contributed by atoms with van der Waals surface area (Å²) in [5, 5.41) is 14.3. The van der Waals surface area contributed by atoms with E-state index in [-0.39, 0.29) is 25.2 Å². The maximum atomic E-state index is 12.8. The molecule has 3 saturated heterocycles. The highest BCUT2D eigenvalue weighted by molar-refractivity contribution is 8.01. The molecule has 1 aromatic rings. The first-order valence-electron chi connectivity index (χ1n) is 10.9. The molecular formula is C22H25N5O7S. The molecule has 3 heterocycles. The number of aliphatic carboxylic acids is 1. The Morgan fingerprint density at radius 3 is 2.49 bits per heavy atom. The van der Waals surface area contributed by atoms with Crippen LogP contribution in [-0.4, -0.2) is 97.8 Å². The minimum Gasteiger partial charge on any atom is -0.480 e. The van der Waals surface area contributed by atoms with Crippen LogP contribution in [0.5, 0.6) is 0 Å². The third-order valence-corrected chi connectivity index (χ3v) is 7.85. The van der Waals surface area contributed by atoms with Crippen molar-refractivity contribution in [3.63, 3.8) is 0 Å². The molecule has 0 radical (unpaired) electrons. The topological polar surface area (TPSA) is 156 Å². The van der Waals surface area contributed by atoms with E-state index in [4.69, 9.17) is 0 Å². The first-order valence-corrected chi connectivity index (χ1v) is 11.8. The highest BCUT2D eigenvalue weighted by Crippen LogP contribution is 2.50. The normalized spacial score (nSPS) is 25.2. The summed E-state index contributed by atoms with van der Waals surface area (Å²) in [5.74, 6) is -3.73. The van der Waals surface area contributed by atoms with E-state index in [1.54, 1.807) is 38.1 Å². The summed E-state index contributed by atoms with van der Waals surface area (Å²) >= 11 is 1.33. The van der Waals surface area contributed by atoms with Gasteiger partial charge < -0.3 is 25.5 Å². The molecule has 0 aromatic heterocycles. The summed E-state index contributed by atoms with van der Waals surface area (Å²) in [7, 11) is 1.47. The summed E-state index contributed by atoms with van der Waals surface area (Å²) in [6, 6.07) is 3.90. The molecule has 35 heavy (non-hydrogen) atoms. The number of fused-ring (bicyclic) bond motifs is 1. The number of hydrogen-bond donors (Lipinski definition) is 3. The van der Waals surface area contributed by atoms with Crippen LogP contribution < -0.4 is 10.6 Å². The first kappa shape index (κ1) is 24.5. The number of hydrogen-bond acceptors (Lipinski definition) is 7. The monoisotopic (exact) mass is 503 g/mol. The quantitative estimate of drug-likeness (QED) is 0.365. The number of likely N-dealkylation sites (N-methyl/N-ethyl adjacent to an activating group) is 1. The fourth-order valence-corrected chi connectivity index (χ4v) is 6.07. The van der Waals surface area contributed by atoms with Gasteiger partial charge in [-0.2, -0.15) is 0 Å². The molecule has 186 valence electrons. The summed E-state index contributed by atoms with van der Waals surface area (Å²) in [5.41, 5.74) is 0.730. The molecule has 0 aliphatic carbocycles. The minimum atomic E-state index is -1.09. The molecule has 4 rings (SSSR count). The lowest BCUT2D eigenvalue weighted by atomic mass is 9.96. The number of amides is 6. The van der Waals surface area contributed by atoms with E-state index in [0.29, 0.717) is 5.56 Å². The van der Waals surface area contributed by atoms with Crippen molar-refractivity contribution in [2.24, 2.45) is 0 Å². The van der Waals surface area contributed by atoms with Gasteiger partial charge in [0.2, 0.25) is 11.8 Å². The number of imide groups is 1. The van der Waals surface area contributed by atoms with E-state index in [1.165, 1.54) is 28.6 Å². The summed E-state index contributed by atoms with van der Waals surface area (Å²) in [6.07, 6.45) is -0.168. The largest absolute Gasteiger partial charge is 0.480 e. The second-order valence-corrected chi connectivity index (χ2v) is 10.9. The SMILES string of the molecule is CN1CCN(C(=O)Nc2ccccc2CC(=O)NC2C(=O)N3[C@@H]2SC(C)(C)[C@@H]3C(=O)O)C(=O)C1=O. The lowest BCUT2D eigenvalue weighted by Crippen LogP contribution is -2.70. The Balaban J connectivity index is 1.41. The van der Waals surface area contributed by atoms with Crippen LogP contribution in [0.15, 0.2) is 24.3 Å². The molecule has 3 aliphatic rings. The lowest BCUT2D eigenvalue weighted by molar-refractivity contribution is -0.161. The number of nitrogens with zero attached hydrogens (tertiary/aromatic N) is 3. The van der Waals surface area contributed by atoms with Gasteiger partial charge in [-0.25, -0.2) is 9.59 Å². The van der Waals surface area contributed by atoms with Crippen molar-refractivity contribution in [3.05, 3.63) is 29.8 Å². The number of carbonyl (C=O) groups is 6. The van der Waals surface area contributed by atoms with Gasteiger partial charge >= 0.3 is 23.8 Å². The maximum Gasteiger partial charge on any atom is 0.329 e. The third kappa shape index (κ3) is 4.31. The number of benzene rings is 1. The van der Waals surface area contributed by atoms with Gasteiger partial charge in [0.1, 0.15) is 17.5 Å². The zero-order valence-corrected chi connectivity index (χ0v) is 20.1. The number of nitrogens with one attached hydrogen (secondary N) is 2. The Morgan fingerprint density at radius 2 is 1.80 bits per heavy atom. The molecule has 3 fully saturated rings. The van der Waals surface area contributed by atoms with Crippen molar-refractivity contribution in [1.82, 2.24) is 20.0 Å². The average Bonchev–Trinajstić information content (AvgIpc) is 3.05. The van der Waals surface area contributed by atoms with E-state index >= 15 is 0 Å². The van der Waals surface area contributed by atoms with Crippen LogP contribution in [-0.2, 0) is 30.4 Å². The third-order valence-electron chi connectivity index (χ3n) is 6.28. The van der Waals surface area contributed by atoms with Crippen LogP contribution in [0.2, 0.25) is 0 Å². The standard InChI is InChI=1S/C22H25N5O7S/c1-22(2)15(20(32)33)27-16(29)14(19(27)35-22)24-13(28)10-11-6-4-5-7-12(11)23-21(34)26-9-8-25(3)17(30)18(26)31/h4-7,14-15,19H,8-10H2,1-3H3,(H,23,34)(H,24,28)(H,32,33)/t14?,15-,19+/m0/s1. The number of carboxylic acids is 1. The molecule has 3 N–H and O–H groups in total. The number of urea groups is 1. The van der Waals surface area contributed by atoms with Gasteiger partial charge in [-0.1, -0.05) is 18.2 Å². The number of para-hydroxylation sites is 1. The maximum absolute atomic E-state index is 12.8. The molecule has 0 spiro atoms. The number of carbonyl (C=O) groups excluding carboxylic acids is 5. The Bertz CT molecular complexity index is 1140. The van der Waals surface area contributed by atoms with Crippen LogP contribution in [0.4, 0.5) is 10.5 Å². The van der Waals surface area contributed by atoms with E-state index in [2.05, 4.69) is 10.6 Å². The van der Waals surface area contributed by atoms with Crippen molar-refractivity contribution in [1.29, 1.82) is 0 Å². The van der Waals surface area contributed by atoms with Crippen LogP contribution in [0, 0.1) is 0 Å². The Hall–Kier alpha value is -3.61. The number of piperazine rings is 1. The zero-order valence-electron chi connectivity index (χ0n) is 19.3. The van der Waals surface area contributed by atoms with Gasteiger partial charge in [0, 0.05) is 30.6 Å². The molecule has 3 atom stereocenters. The molecule has 0 bridgehead atoms. The highest BCUT2D eigenvalue weighted by Gasteiger charge is 2.64. The van der Waals surface area contributed by atoms with E-state index in [1.807, 2.05) is 0 Å². The van der Waals surface area contributed by atoms with Crippen LogP contribution in [0.1, 0.15) is 19.4 Å². The summed E-state index contributed by atoms with van der Waals surface area (Å²) in [6.45, 7) is 3.76. The lowest BCUT2D eigenvalue weighted by Gasteiger charge is -2.43. The predicted octanol–water partition coefficient (Wildman–Crippen LogP) is -0.307. The van der Waals surface area contributed by atoms with Crippen LogP contribution >= 0.6 is 11.8 Å². The second kappa shape index (κ2) is 8.87. The highest BCUT2D eigenvalue weighted by atomic mass is 32.2. The molecule has 6 amide bonds. The number of rotatable bonds is 5. The second-order valence-electron chi connectivity index (χ2n) is 9.09. The molecule has 3 aliphatic heterocycles. The van der Waals surface area contributed by atoms with Gasteiger partial charge in [0.25, 0.3) is 0 Å². The van der Waals surface area contributed by atoms with E-state index < -0.39 is 57.8 Å². The van der Waals surface area contributed by atoms with Crippen LogP contribution in [0.25, 0.3) is 0 Å². The van der Waals surface area contributed by atoms with Gasteiger partial charge in [-0.05, 0) is 25.5 Å². The summed E-state index contributed by atoms with van der Waals surface area (Å²) < 4.78 is -0.704. The van der Waals surface area contributed by atoms with E-state index in [0.717, 1.165) is 4.90 Å². The van der Waals surface area contributed by atoms with Crippen molar-refractivity contribution in [2.75, 3.05) is 25.5 Å². The van der Waals surface area contributed by atoms with Gasteiger partial charge in [-0.3, -0.25) is 24.1 Å². The first-order chi connectivity index (χ1) is 16.4. The summed E-state index contributed by atoms with van der Waals surface area (Å²) in [4.78, 5) is 77.0. The van der Waals surface area contributed by atoms with Crippen molar-refractivity contribution >= 4 is 53.1 Å². The van der Waals surface area contributed by atoms with Gasteiger partial charge in [0.15, 0.2) is 0 Å². The van der Waals surface area contributed by atoms with Crippen LogP contribution in [0.3, 0.4) is 0 Å². The number of β-lactam (4-membered cyclic amide) rings is 1. The van der Waals surface area contributed by atoms with Crippen molar-refractivity contribution in [3.8, 4) is 0 Å². The average molecular weight is 504 g/mol. The minimum absolute atomic E-state index is 0.0442. The fraction of sp³-hybridized carbons (Fsp3) is 0.455. The van der Waals surface area contributed by atoms with Gasteiger partial charge in [-0.15, -0.1) is 11.8 Å². The Kier molecular flexibility index (Phi) is 6.21. The molecule has 1 unspecified atom stereocenters. The number of anilines is 1.